The highest BCUT2D eigenvalue weighted by Gasteiger charge is 2.25. The summed E-state index contributed by atoms with van der Waals surface area (Å²) >= 11 is 1.34. The summed E-state index contributed by atoms with van der Waals surface area (Å²) in [5.41, 5.74) is 0. The molecule has 2 rings (SSSR count). The van der Waals surface area contributed by atoms with Crippen LogP contribution in [-0.4, -0.2) is 52.6 Å². The molecule has 1 fully saturated rings. The van der Waals surface area contributed by atoms with Gasteiger partial charge in [0.05, 0.1) is 19.8 Å². The van der Waals surface area contributed by atoms with Crippen LogP contribution in [0.2, 0.25) is 0 Å². The largest absolute Gasteiger partial charge is 0.335 e. The summed E-state index contributed by atoms with van der Waals surface area (Å²) in [5.74, 6) is 0.809. The number of thioether (sulfide) groups is 1. The van der Waals surface area contributed by atoms with E-state index < -0.39 is 6.03 Å². The number of aromatic nitrogens is 3. The number of nitrogens with zero attached hydrogens (tertiary/aromatic N) is 3. The van der Waals surface area contributed by atoms with Crippen molar-refractivity contribution in [3.63, 3.8) is 0 Å². The molecule has 0 spiro atoms. The summed E-state index contributed by atoms with van der Waals surface area (Å²) in [6.45, 7) is 5.15. The second kappa shape index (κ2) is 11.4. The minimum absolute atomic E-state index is 0.147. The molecule has 1 aromatic heterocycles. The van der Waals surface area contributed by atoms with E-state index in [1.165, 1.54) is 16.7 Å². The molecule has 0 aliphatic heterocycles. The first-order valence-electron chi connectivity index (χ1n) is 10.4. The van der Waals surface area contributed by atoms with Gasteiger partial charge in [-0.15, -0.1) is 10.2 Å². The average molecular weight is 412 g/mol. The zero-order chi connectivity index (χ0) is 20.5. The standard InChI is InChI=1S/C19H34N6O2S/c1-5-7-12-25-17(15(6-2)24(3)4)22-23-19(25)28-13-16(26)21-18(27)20-14-10-8-9-11-14/h14-15H,5-13H2,1-4H3,(H2,20,21,26,27)/p+1/t15-/m1/s1. The molecule has 1 aliphatic rings. The summed E-state index contributed by atoms with van der Waals surface area (Å²) in [6, 6.07) is 0.0669. The van der Waals surface area contributed by atoms with Crippen LogP contribution < -0.4 is 15.5 Å². The molecule has 1 saturated carbocycles. The smallest absolute Gasteiger partial charge is 0.321 e. The molecule has 3 amide bonds. The van der Waals surface area contributed by atoms with Crippen molar-refractivity contribution in [2.45, 2.75) is 82.6 Å². The molecule has 28 heavy (non-hydrogen) atoms. The highest BCUT2D eigenvalue weighted by Crippen LogP contribution is 2.22. The number of imide groups is 1. The van der Waals surface area contributed by atoms with Gasteiger partial charge in [0.1, 0.15) is 6.04 Å². The Labute approximate surface area is 172 Å². The van der Waals surface area contributed by atoms with Gasteiger partial charge in [-0.1, -0.05) is 44.9 Å². The lowest BCUT2D eigenvalue weighted by Gasteiger charge is -2.20. The number of hydrogen-bond acceptors (Lipinski definition) is 5. The fourth-order valence-electron chi connectivity index (χ4n) is 3.62. The molecule has 0 radical (unpaired) electrons. The number of carbonyl (C=O) groups is 2. The number of unbranched alkanes of at least 4 members (excludes halogenated alkanes) is 1. The number of amides is 3. The minimum Gasteiger partial charge on any atom is -0.335 e. The van der Waals surface area contributed by atoms with Gasteiger partial charge >= 0.3 is 6.03 Å². The van der Waals surface area contributed by atoms with Crippen molar-refractivity contribution in [1.29, 1.82) is 0 Å². The normalized spacial score (nSPS) is 15.8. The van der Waals surface area contributed by atoms with E-state index in [4.69, 9.17) is 0 Å². The molecule has 9 heteroatoms. The number of rotatable bonds is 10. The maximum absolute atomic E-state index is 12.2. The lowest BCUT2D eigenvalue weighted by molar-refractivity contribution is -0.893. The third-order valence-electron chi connectivity index (χ3n) is 5.17. The molecule has 3 N–H and O–H groups in total. The van der Waals surface area contributed by atoms with Crippen LogP contribution in [0.3, 0.4) is 0 Å². The van der Waals surface area contributed by atoms with Crippen LogP contribution in [0.4, 0.5) is 4.79 Å². The van der Waals surface area contributed by atoms with E-state index in [0.717, 1.165) is 62.5 Å². The summed E-state index contributed by atoms with van der Waals surface area (Å²) in [4.78, 5) is 25.4. The number of carbonyl (C=O) groups excluding carboxylic acids is 2. The zero-order valence-corrected chi connectivity index (χ0v) is 18.4. The van der Waals surface area contributed by atoms with Crippen LogP contribution in [0.15, 0.2) is 5.16 Å². The van der Waals surface area contributed by atoms with E-state index in [1.54, 1.807) is 0 Å². The van der Waals surface area contributed by atoms with E-state index in [9.17, 15) is 9.59 Å². The summed E-state index contributed by atoms with van der Waals surface area (Å²) in [5, 5.41) is 14.8. The first-order chi connectivity index (χ1) is 13.5. The molecular formula is C19H35N6O2S+. The van der Waals surface area contributed by atoms with Crippen molar-refractivity contribution >= 4 is 23.7 Å². The molecular weight excluding hydrogens is 376 g/mol. The fourth-order valence-corrected chi connectivity index (χ4v) is 4.40. The molecule has 1 heterocycles. The monoisotopic (exact) mass is 411 g/mol. The first kappa shape index (κ1) is 22.7. The maximum atomic E-state index is 12.2. The van der Waals surface area contributed by atoms with E-state index in [-0.39, 0.29) is 23.7 Å². The number of urea groups is 1. The molecule has 8 nitrogen and oxygen atoms in total. The van der Waals surface area contributed by atoms with Crippen LogP contribution in [-0.2, 0) is 11.3 Å². The number of hydrogen-bond donors (Lipinski definition) is 3. The number of quaternary nitrogens is 1. The predicted molar refractivity (Wildman–Crippen MR) is 110 cm³/mol. The lowest BCUT2D eigenvalue weighted by atomic mass is 10.2. The van der Waals surface area contributed by atoms with Crippen LogP contribution in [0, 0.1) is 0 Å². The maximum Gasteiger partial charge on any atom is 0.321 e. The van der Waals surface area contributed by atoms with Crippen molar-refractivity contribution in [3.05, 3.63) is 5.82 Å². The minimum atomic E-state index is -0.395. The number of nitrogens with one attached hydrogen (secondary N) is 3. The van der Waals surface area contributed by atoms with Gasteiger partial charge in [0, 0.05) is 19.0 Å². The fraction of sp³-hybridized carbons (Fsp3) is 0.789. The second-order valence-corrected chi connectivity index (χ2v) is 8.62. The van der Waals surface area contributed by atoms with Crippen LogP contribution >= 0.6 is 11.8 Å². The molecule has 1 aromatic rings. The Kier molecular flexibility index (Phi) is 9.24. The van der Waals surface area contributed by atoms with Crippen molar-refractivity contribution in [2.24, 2.45) is 0 Å². The highest BCUT2D eigenvalue weighted by molar-refractivity contribution is 7.99. The molecule has 0 unspecified atom stereocenters. The van der Waals surface area contributed by atoms with Crippen LogP contribution in [0.1, 0.15) is 70.7 Å². The van der Waals surface area contributed by atoms with E-state index in [0.29, 0.717) is 0 Å². The van der Waals surface area contributed by atoms with Crippen molar-refractivity contribution in [2.75, 3.05) is 19.8 Å². The average Bonchev–Trinajstić information content (AvgIpc) is 3.28. The third kappa shape index (κ3) is 6.48. The van der Waals surface area contributed by atoms with Crippen molar-refractivity contribution in [1.82, 2.24) is 25.4 Å². The summed E-state index contributed by atoms with van der Waals surface area (Å²) < 4.78 is 2.14. The lowest BCUT2D eigenvalue weighted by Crippen LogP contribution is -3.06. The molecule has 158 valence electrons. The Morgan fingerprint density at radius 3 is 2.57 bits per heavy atom. The summed E-state index contributed by atoms with van der Waals surface area (Å²) in [6.07, 6.45) is 7.34. The van der Waals surface area contributed by atoms with Gasteiger partial charge in [0.15, 0.2) is 11.0 Å². The molecule has 0 aromatic carbocycles. The Balaban J connectivity index is 1.95. The topological polar surface area (TPSA) is 93.4 Å². The van der Waals surface area contributed by atoms with E-state index in [2.05, 4.69) is 53.3 Å². The van der Waals surface area contributed by atoms with Gasteiger partial charge < -0.3 is 14.8 Å². The highest BCUT2D eigenvalue weighted by atomic mass is 32.2. The molecule has 0 bridgehead atoms. The second-order valence-electron chi connectivity index (χ2n) is 7.68. The van der Waals surface area contributed by atoms with Gasteiger partial charge in [0.25, 0.3) is 0 Å². The predicted octanol–water partition coefficient (Wildman–Crippen LogP) is 1.53. The van der Waals surface area contributed by atoms with Gasteiger partial charge in [0.2, 0.25) is 5.91 Å². The molecule has 0 saturated heterocycles. The van der Waals surface area contributed by atoms with Crippen LogP contribution in [0.25, 0.3) is 0 Å². The quantitative estimate of drug-likeness (QED) is 0.508. The van der Waals surface area contributed by atoms with Gasteiger partial charge in [-0.25, -0.2) is 4.79 Å². The van der Waals surface area contributed by atoms with E-state index in [1.807, 2.05) is 0 Å². The summed E-state index contributed by atoms with van der Waals surface area (Å²) in [7, 11) is 4.24. The van der Waals surface area contributed by atoms with Crippen LogP contribution in [0.5, 0.6) is 0 Å². The van der Waals surface area contributed by atoms with Gasteiger partial charge in [-0.2, -0.15) is 0 Å². The Morgan fingerprint density at radius 2 is 1.96 bits per heavy atom. The Morgan fingerprint density at radius 1 is 1.25 bits per heavy atom. The Hall–Kier alpha value is -1.61. The zero-order valence-electron chi connectivity index (χ0n) is 17.6. The van der Waals surface area contributed by atoms with Crippen molar-refractivity contribution < 1.29 is 14.5 Å². The third-order valence-corrected chi connectivity index (χ3v) is 6.14. The van der Waals surface area contributed by atoms with Gasteiger partial charge in [-0.3, -0.25) is 10.1 Å². The van der Waals surface area contributed by atoms with E-state index >= 15 is 0 Å². The SMILES string of the molecule is CCCCn1c(SCC(=O)NC(=O)NC2CCCC2)nnc1[C@@H](CC)[NH+](C)C. The first-order valence-corrected chi connectivity index (χ1v) is 11.4. The molecule has 1 atom stereocenters. The molecule has 1 aliphatic carbocycles. The Bertz CT molecular complexity index is 642. The van der Waals surface area contributed by atoms with Crippen molar-refractivity contribution in [3.8, 4) is 0 Å². The van der Waals surface area contributed by atoms with Gasteiger partial charge in [-0.05, 0) is 19.3 Å².